The summed E-state index contributed by atoms with van der Waals surface area (Å²) >= 11 is 7.68. The summed E-state index contributed by atoms with van der Waals surface area (Å²) < 4.78 is 34.2. The van der Waals surface area contributed by atoms with Crippen molar-refractivity contribution in [2.75, 3.05) is 18.5 Å². The topological polar surface area (TPSA) is 183 Å². The maximum absolute atomic E-state index is 13.9. The number of carboxylic acids is 1. The van der Waals surface area contributed by atoms with E-state index >= 15 is 0 Å². The summed E-state index contributed by atoms with van der Waals surface area (Å²) in [6, 6.07) is 6.14. The Morgan fingerprint density at radius 2 is 2.04 bits per heavy atom. The Hall–Kier alpha value is -2.98. The first-order chi connectivity index (χ1) is 21.8. The third kappa shape index (κ3) is 7.93. The van der Waals surface area contributed by atoms with Gasteiger partial charge >= 0.3 is 16.3 Å². The van der Waals surface area contributed by atoms with E-state index in [1.807, 2.05) is 45.0 Å². The summed E-state index contributed by atoms with van der Waals surface area (Å²) in [7, 11) is -4.20. The van der Waals surface area contributed by atoms with Gasteiger partial charge in [0.25, 0.3) is 0 Å². The van der Waals surface area contributed by atoms with Gasteiger partial charge in [-0.3, -0.25) is 13.8 Å². The van der Waals surface area contributed by atoms with E-state index < -0.39 is 28.4 Å². The molecule has 12 nitrogen and oxygen atoms in total. The highest BCUT2D eigenvalue weighted by atomic mass is 35.5. The first kappa shape index (κ1) is 34.4. The number of thiophene rings is 1. The summed E-state index contributed by atoms with van der Waals surface area (Å²) in [6.07, 6.45) is 4.75. The normalized spacial score (nSPS) is 22.6. The lowest BCUT2D eigenvalue weighted by Gasteiger charge is -2.27. The number of hydrogen-bond donors (Lipinski definition) is 4. The van der Waals surface area contributed by atoms with Crippen molar-refractivity contribution in [2.24, 2.45) is 17.0 Å². The number of ketones is 1. The minimum absolute atomic E-state index is 0.168. The number of anilines is 1. The van der Waals surface area contributed by atoms with Crippen molar-refractivity contribution in [1.29, 1.82) is 0 Å². The second-order valence-corrected chi connectivity index (χ2v) is 14.8. The molecule has 1 aromatic carbocycles. The summed E-state index contributed by atoms with van der Waals surface area (Å²) in [4.78, 5) is 35.9. The Labute approximate surface area is 277 Å². The van der Waals surface area contributed by atoms with Crippen molar-refractivity contribution in [3.8, 4) is 0 Å². The van der Waals surface area contributed by atoms with E-state index in [9.17, 15) is 23.1 Å². The number of carbonyl (C=O) groups excluding carboxylic acids is 1. The number of aliphatic carboxylic acids is 1. The first-order valence-electron chi connectivity index (χ1n) is 15.1. The Morgan fingerprint density at radius 3 is 2.76 bits per heavy atom. The summed E-state index contributed by atoms with van der Waals surface area (Å²) in [5.41, 5.74) is 3.34. The van der Waals surface area contributed by atoms with Crippen molar-refractivity contribution >= 4 is 50.8 Å². The average Bonchev–Trinajstić information content (AvgIpc) is 3.59. The molecule has 248 valence electrons. The third-order valence-electron chi connectivity index (χ3n) is 8.82. The van der Waals surface area contributed by atoms with E-state index in [0.29, 0.717) is 41.6 Å². The first-order valence-corrected chi connectivity index (χ1v) is 17.8. The van der Waals surface area contributed by atoms with Crippen LogP contribution in [-0.2, 0) is 30.4 Å². The number of nitrogens with two attached hydrogens (primary N) is 1. The molecule has 5 N–H and O–H groups in total. The Kier molecular flexibility index (Phi) is 10.8. The molecule has 3 aromatic rings. The van der Waals surface area contributed by atoms with Crippen LogP contribution >= 0.6 is 22.9 Å². The van der Waals surface area contributed by atoms with Gasteiger partial charge in [-0.2, -0.15) is 8.42 Å². The predicted octanol–water partition coefficient (Wildman–Crippen LogP) is 4.26. The Bertz CT molecular complexity index is 1700. The largest absolute Gasteiger partial charge is 0.480 e. The van der Waals surface area contributed by atoms with Crippen molar-refractivity contribution in [3.63, 3.8) is 0 Å². The van der Waals surface area contributed by atoms with Crippen molar-refractivity contribution < 1.29 is 32.0 Å². The van der Waals surface area contributed by atoms with Crippen LogP contribution in [0.5, 0.6) is 0 Å². The maximum Gasteiger partial charge on any atom is 0.333 e. The zero-order chi connectivity index (χ0) is 33.2. The van der Waals surface area contributed by atoms with Crippen molar-refractivity contribution in [3.05, 3.63) is 73.8 Å². The van der Waals surface area contributed by atoms with E-state index in [1.165, 1.54) is 23.9 Å². The van der Waals surface area contributed by atoms with Crippen molar-refractivity contribution in [1.82, 2.24) is 15.3 Å². The van der Waals surface area contributed by atoms with Crippen LogP contribution in [0.3, 0.4) is 0 Å². The van der Waals surface area contributed by atoms with Crippen LogP contribution in [0.15, 0.2) is 36.8 Å². The standard InChI is InChI=1S/C31H38ClN5O7S2/c1-4-16(2)27(31(39)40)37-25-11-21(9-19(25)14-44-46(33,41)42)36-30-24(13-34-15-35-30)28(38)26-12-22(17(3)45-26)29-23-10-20(32)6-5-18(23)7-8-43-29/h5-6,10,12-13,15-16,19,21,25,27,29,37H,4,7-9,11,14H2,1-3H3,(H,39,40)(H2,33,41,42)(H,34,35,36)/t16-,19-,21+,25-,27-,29-/m0/s1. The summed E-state index contributed by atoms with van der Waals surface area (Å²) in [6.45, 7) is 6.05. The monoisotopic (exact) mass is 691 g/mol. The smallest absolute Gasteiger partial charge is 0.333 e. The van der Waals surface area contributed by atoms with Gasteiger partial charge in [-0.05, 0) is 67.0 Å². The number of rotatable bonds is 13. The van der Waals surface area contributed by atoms with E-state index in [4.69, 9.17) is 25.7 Å². The molecular formula is C31H38ClN5O7S2. The van der Waals surface area contributed by atoms with Gasteiger partial charge in [-0.25, -0.2) is 15.1 Å². The van der Waals surface area contributed by atoms with Crippen molar-refractivity contribution in [2.45, 2.75) is 70.7 Å². The highest BCUT2D eigenvalue weighted by Gasteiger charge is 2.39. The molecule has 1 fully saturated rings. The van der Waals surface area contributed by atoms with Crippen LogP contribution in [-0.4, -0.2) is 66.6 Å². The highest BCUT2D eigenvalue weighted by molar-refractivity contribution is 7.84. The van der Waals surface area contributed by atoms with Gasteiger partial charge in [0.05, 0.1) is 23.7 Å². The molecule has 0 unspecified atom stereocenters. The fourth-order valence-electron chi connectivity index (χ4n) is 6.24. The molecule has 1 aliphatic heterocycles. The lowest BCUT2D eigenvalue weighted by atomic mass is 9.93. The van der Waals surface area contributed by atoms with Crippen LogP contribution < -0.4 is 15.8 Å². The van der Waals surface area contributed by atoms with Crippen LogP contribution in [0, 0.1) is 18.8 Å². The number of nitrogens with one attached hydrogen (secondary N) is 2. The predicted molar refractivity (Wildman–Crippen MR) is 174 cm³/mol. The van der Waals surface area contributed by atoms with E-state index in [1.54, 1.807) is 0 Å². The molecule has 1 aliphatic carbocycles. The molecule has 0 amide bonds. The lowest BCUT2D eigenvalue weighted by Crippen LogP contribution is -2.49. The Morgan fingerprint density at radius 1 is 1.26 bits per heavy atom. The molecule has 0 spiro atoms. The molecule has 15 heteroatoms. The number of benzene rings is 1. The average molecular weight is 692 g/mol. The van der Waals surface area contributed by atoms with Gasteiger partial charge in [0, 0.05) is 34.1 Å². The minimum atomic E-state index is -4.20. The number of nitrogens with zero attached hydrogens (tertiary/aromatic N) is 2. The van der Waals surface area contributed by atoms with Crippen LogP contribution in [0.1, 0.15) is 76.0 Å². The van der Waals surface area contributed by atoms with Gasteiger partial charge in [0.15, 0.2) is 0 Å². The van der Waals surface area contributed by atoms with Gasteiger partial charge in [-0.1, -0.05) is 37.9 Å². The molecule has 0 bridgehead atoms. The number of fused-ring (bicyclic) bond motifs is 1. The number of ether oxygens (including phenoxy) is 1. The lowest BCUT2D eigenvalue weighted by molar-refractivity contribution is -0.141. The third-order valence-corrected chi connectivity index (χ3v) is 10.6. The molecule has 46 heavy (non-hydrogen) atoms. The SMILES string of the molecule is CC[C@H](C)[C@H](N[C@H]1C[C@H](Nc2ncncc2C(=O)c2cc([C@@H]3OCCc4ccc(Cl)cc43)c(C)s2)C[C@H]1COS(N)(=O)=O)C(=O)O. The van der Waals surface area contributed by atoms with Crippen LogP contribution in [0.2, 0.25) is 5.02 Å². The highest BCUT2D eigenvalue weighted by Crippen LogP contribution is 2.39. The van der Waals surface area contributed by atoms with Gasteiger partial charge in [0.1, 0.15) is 24.3 Å². The second kappa shape index (κ2) is 14.4. The van der Waals surface area contributed by atoms with E-state index in [2.05, 4.69) is 20.6 Å². The number of aromatic nitrogens is 2. The fourth-order valence-corrected chi connectivity index (χ4v) is 7.78. The van der Waals surface area contributed by atoms with Crippen LogP contribution in [0.25, 0.3) is 0 Å². The van der Waals surface area contributed by atoms with E-state index in [-0.39, 0.29) is 41.9 Å². The van der Waals surface area contributed by atoms with Crippen LogP contribution in [0.4, 0.5) is 5.82 Å². The molecule has 3 heterocycles. The quantitative estimate of drug-likeness (QED) is 0.188. The molecule has 2 aromatic heterocycles. The zero-order valence-electron chi connectivity index (χ0n) is 25.7. The number of carbonyl (C=O) groups is 2. The van der Waals surface area contributed by atoms with Gasteiger partial charge in [-0.15, -0.1) is 11.3 Å². The summed E-state index contributed by atoms with van der Waals surface area (Å²) in [5.74, 6) is -1.46. The molecule has 1 saturated carbocycles. The minimum Gasteiger partial charge on any atom is -0.480 e. The molecule has 0 saturated heterocycles. The number of aryl methyl sites for hydroxylation is 1. The molecule has 2 aliphatic rings. The molecule has 0 radical (unpaired) electrons. The molecular weight excluding hydrogens is 654 g/mol. The molecule has 6 atom stereocenters. The maximum atomic E-state index is 13.9. The van der Waals surface area contributed by atoms with Gasteiger partial charge < -0.3 is 20.5 Å². The molecule has 5 rings (SSSR count). The number of hydrogen-bond acceptors (Lipinski definition) is 11. The fraction of sp³-hybridized carbons (Fsp3) is 0.484. The number of carboxylic acid groups (broad SMARTS) is 1. The van der Waals surface area contributed by atoms with Gasteiger partial charge in [0.2, 0.25) is 5.78 Å². The zero-order valence-corrected chi connectivity index (χ0v) is 28.1. The number of halogens is 1. The Balaban J connectivity index is 1.37. The van der Waals surface area contributed by atoms with E-state index in [0.717, 1.165) is 28.0 Å². The summed E-state index contributed by atoms with van der Waals surface area (Å²) in [5, 5.41) is 22.1. The second-order valence-electron chi connectivity index (χ2n) is 11.9.